The standard InChI is InChI=1S/C17H24N2O3/c1-2-6-15(13-7-4-3-5-8-13)18-16(20)12-19-10-9-14(11-19)17(21)22/h3-5,7-8,14-15H,2,6,9-12H2,1H3,(H,18,20)(H,21,22). The first kappa shape index (κ1) is 16.5. The van der Waals surface area contributed by atoms with Crippen LogP contribution < -0.4 is 5.32 Å². The van der Waals surface area contributed by atoms with Crippen molar-refractivity contribution >= 4 is 11.9 Å². The van der Waals surface area contributed by atoms with E-state index in [1.165, 1.54) is 0 Å². The predicted molar refractivity (Wildman–Crippen MR) is 84.4 cm³/mol. The second kappa shape index (κ2) is 7.94. The molecule has 0 saturated carbocycles. The average molecular weight is 304 g/mol. The number of nitrogens with one attached hydrogen (secondary N) is 1. The minimum Gasteiger partial charge on any atom is -0.481 e. The number of carbonyl (C=O) groups excluding carboxylic acids is 1. The van der Waals surface area contributed by atoms with Crippen molar-refractivity contribution in [3.63, 3.8) is 0 Å². The van der Waals surface area contributed by atoms with E-state index >= 15 is 0 Å². The minimum absolute atomic E-state index is 0.0246. The maximum atomic E-state index is 12.2. The summed E-state index contributed by atoms with van der Waals surface area (Å²) < 4.78 is 0. The number of carbonyl (C=O) groups is 2. The normalized spacial score (nSPS) is 19.8. The molecular formula is C17H24N2O3. The molecule has 22 heavy (non-hydrogen) atoms. The molecule has 2 N–H and O–H groups in total. The van der Waals surface area contributed by atoms with Gasteiger partial charge in [0.15, 0.2) is 0 Å². The zero-order valence-electron chi connectivity index (χ0n) is 13.0. The molecule has 5 heteroatoms. The van der Waals surface area contributed by atoms with E-state index in [4.69, 9.17) is 5.11 Å². The summed E-state index contributed by atoms with van der Waals surface area (Å²) in [6.07, 6.45) is 2.51. The largest absolute Gasteiger partial charge is 0.481 e. The van der Waals surface area contributed by atoms with Gasteiger partial charge < -0.3 is 10.4 Å². The van der Waals surface area contributed by atoms with Crippen molar-refractivity contribution in [3.05, 3.63) is 35.9 Å². The third kappa shape index (κ3) is 4.56. The molecular weight excluding hydrogens is 280 g/mol. The summed E-state index contributed by atoms with van der Waals surface area (Å²) in [5, 5.41) is 12.1. The summed E-state index contributed by atoms with van der Waals surface area (Å²) in [5.74, 6) is -1.14. The molecule has 2 atom stereocenters. The Morgan fingerprint density at radius 2 is 2.09 bits per heavy atom. The Bertz CT molecular complexity index is 504. The van der Waals surface area contributed by atoms with Gasteiger partial charge in [0.25, 0.3) is 0 Å². The molecule has 1 amide bonds. The topological polar surface area (TPSA) is 69.6 Å². The van der Waals surface area contributed by atoms with Gasteiger partial charge in [0.2, 0.25) is 5.91 Å². The molecule has 0 aliphatic carbocycles. The Morgan fingerprint density at radius 3 is 2.68 bits per heavy atom. The molecule has 2 rings (SSSR count). The molecule has 1 aromatic rings. The number of hydrogen-bond acceptors (Lipinski definition) is 3. The molecule has 0 spiro atoms. The van der Waals surface area contributed by atoms with Gasteiger partial charge in [0, 0.05) is 6.54 Å². The fraction of sp³-hybridized carbons (Fsp3) is 0.529. The molecule has 2 unspecified atom stereocenters. The number of hydrogen-bond donors (Lipinski definition) is 2. The number of aliphatic carboxylic acids is 1. The molecule has 1 aromatic carbocycles. The van der Waals surface area contributed by atoms with Gasteiger partial charge in [-0.3, -0.25) is 14.5 Å². The highest BCUT2D eigenvalue weighted by Crippen LogP contribution is 2.19. The number of benzene rings is 1. The number of nitrogens with zero attached hydrogens (tertiary/aromatic N) is 1. The quantitative estimate of drug-likeness (QED) is 0.809. The molecule has 1 aliphatic rings. The average Bonchev–Trinajstić information content (AvgIpc) is 2.96. The van der Waals surface area contributed by atoms with Crippen LogP contribution >= 0.6 is 0 Å². The van der Waals surface area contributed by atoms with E-state index in [0.717, 1.165) is 18.4 Å². The highest BCUT2D eigenvalue weighted by molar-refractivity contribution is 5.79. The molecule has 1 saturated heterocycles. The Balaban J connectivity index is 1.88. The smallest absolute Gasteiger partial charge is 0.307 e. The van der Waals surface area contributed by atoms with Crippen molar-refractivity contribution in [1.29, 1.82) is 0 Å². The summed E-state index contributed by atoms with van der Waals surface area (Å²) in [4.78, 5) is 25.1. The Kier molecular flexibility index (Phi) is 5.95. The van der Waals surface area contributed by atoms with Crippen LogP contribution in [-0.2, 0) is 9.59 Å². The molecule has 0 radical (unpaired) electrons. The van der Waals surface area contributed by atoms with Crippen LogP contribution in [0.4, 0.5) is 0 Å². The van der Waals surface area contributed by atoms with Crippen molar-refractivity contribution in [1.82, 2.24) is 10.2 Å². The van der Waals surface area contributed by atoms with E-state index in [-0.39, 0.29) is 24.4 Å². The van der Waals surface area contributed by atoms with Gasteiger partial charge in [-0.25, -0.2) is 0 Å². The van der Waals surface area contributed by atoms with Gasteiger partial charge in [-0.15, -0.1) is 0 Å². The molecule has 120 valence electrons. The molecule has 0 aromatic heterocycles. The lowest BCUT2D eigenvalue weighted by molar-refractivity contribution is -0.141. The van der Waals surface area contributed by atoms with Crippen molar-refractivity contribution < 1.29 is 14.7 Å². The zero-order chi connectivity index (χ0) is 15.9. The van der Waals surface area contributed by atoms with Crippen LogP contribution in [0.3, 0.4) is 0 Å². The van der Waals surface area contributed by atoms with Crippen LogP contribution in [0.25, 0.3) is 0 Å². The van der Waals surface area contributed by atoms with Crippen LogP contribution in [0.2, 0.25) is 0 Å². The van der Waals surface area contributed by atoms with Crippen molar-refractivity contribution in [2.75, 3.05) is 19.6 Å². The lowest BCUT2D eigenvalue weighted by Crippen LogP contribution is -2.38. The maximum absolute atomic E-state index is 12.2. The summed E-state index contributed by atoms with van der Waals surface area (Å²) in [5.41, 5.74) is 1.11. The molecule has 0 bridgehead atoms. The number of carboxylic acid groups (broad SMARTS) is 1. The van der Waals surface area contributed by atoms with Crippen molar-refractivity contribution in [3.8, 4) is 0 Å². The van der Waals surface area contributed by atoms with Crippen molar-refractivity contribution in [2.24, 2.45) is 5.92 Å². The number of rotatable bonds is 7. The summed E-state index contributed by atoms with van der Waals surface area (Å²) in [6.45, 7) is 3.51. The van der Waals surface area contributed by atoms with Gasteiger partial charge >= 0.3 is 5.97 Å². The summed E-state index contributed by atoms with van der Waals surface area (Å²) in [7, 11) is 0. The van der Waals surface area contributed by atoms with Crippen LogP contribution in [0.15, 0.2) is 30.3 Å². The van der Waals surface area contributed by atoms with Gasteiger partial charge in [-0.2, -0.15) is 0 Å². The van der Waals surface area contributed by atoms with Crippen LogP contribution in [0.5, 0.6) is 0 Å². The maximum Gasteiger partial charge on any atom is 0.307 e. The minimum atomic E-state index is -0.768. The van der Waals surface area contributed by atoms with Crippen molar-refractivity contribution in [2.45, 2.75) is 32.2 Å². The fourth-order valence-electron chi connectivity index (χ4n) is 2.92. The Labute approximate surface area is 131 Å². The van der Waals surface area contributed by atoms with E-state index in [2.05, 4.69) is 12.2 Å². The van der Waals surface area contributed by atoms with Gasteiger partial charge in [0.05, 0.1) is 18.5 Å². The highest BCUT2D eigenvalue weighted by Gasteiger charge is 2.29. The second-order valence-electron chi connectivity index (χ2n) is 5.88. The summed E-state index contributed by atoms with van der Waals surface area (Å²) >= 11 is 0. The number of likely N-dealkylation sites (tertiary alicyclic amines) is 1. The predicted octanol–water partition coefficient (Wildman–Crippen LogP) is 2.05. The first-order valence-corrected chi connectivity index (χ1v) is 7.89. The van der Waals surface area contributed by atoms with Crippen LogP contribution in [-0.4, -0.2) is 41.5 Å². The first-order valence-electron chi connectivity index (χ1n) is 7.89. The third-order valence-electron chi connectivity index (χ3n) is 4.10. The van der Waals surface area contributed by atoms with Gasteiger partial charge in [-0.1, -0.05) is 43.7 Å². The lowest BCUT2D eigenvalue weighted by atomic mass is 10.0. The van der Waals surface area contributed by atoms with Gasteiger partial charge in [0.1, 0.15) is 0 Å². The van der Waals surface area contributed by atoms with E-state index in [9.17, 15) is 9.59 Å². The van der Waals surface area contributed by atoms with Crippen LogP contribution in [0.1, 0.15) is 37.8 Å². The molecule has 1 aliphatic heterocycles. The highest BCUT2D eigenvalue weighted by atomic mass is 16.4. The fourth-order valence-corrected chi connectivity index (χ4v) is 2.92. The molecule has 5 nitrogen and oxygen atoms in total. The summed E-state index contributed by atoms with van der Waals surface area (Å²) in [6, 6.07) is 9.99. The number of amides is 1. The van der Waals surface area contributed by atoms with E-state index in [1.54, 1.807) is 0 Å². The molecule has 1 fully saturated rings. The van der Waals surface area contributed by atoms with E-state index in [0.29, 0.717) is 19.5 Å². The lowest BCUT2D eigenvalue weighted by Gasteiger charge is -2.21. The monoisotopic (exact) mass is 304 g/mol. The molecule has 1 heterocycles. The number of carboxylic acids is 1. The van der Waals surface area contributed by atoms with Gasteiger partial charge in [-0.05, 0) is 24.9 Å². The first-order chi connectivity index (χ1) is 10.6. The van der Waals surface area contributed by atoms with E-state index in [1.807, 2.05) is 35.2 Å². The van der Waals surface area contributed by atoms with E-state index < -0.39 is 5.97 Å². The third-order valence-corrected chi connectivity index (χ3v) is 4.10. The Morgan fingerprint density at radius 1 is 1.36 bits per heavy atom. The van der Waals surface area contributed by atoms with Crippen LogP contribution in [0, 0.1) is 5.92 Å². The second-order valence-corrected chi connectivity index (χ2v) is 5.88. The Hall–Kier alpha value is -1.88. The zero-order valence-corrected chi connectivity index (χ0v) is 13.0. The SMILES string of the molecule is CCCC(NC(=O)CN1CCC(C(=O)O)C1)c1ccccc1.